The minimum absolute atomic E-state index is 0.208. The molecule has 3 heteroatoms. The quantitative estimate of drug-likeness (QED) is 0.420. The third kappa shape index (κ3) is 7.83. The zero-order valence-electron chi connectivity index (χ0n) is 5.97. The summed E-state index contributed by atoms with van der Waals surface area (Å²) in [5.74, 6) is 4.34. The molecule has 0 aliphatic carbocycles. The maximum absolute atomic E-state index is 8.37. The molecule has 0 aromatic rings. The van der Waals surface area contributed by atoms with Gasteiger partial charge in [0.1, 0.15) is 0 Å². The Bertz CT molecular complexity index is 100. The first-order valence-electron chi connectivity index (χ1n) is 3.24. The third-order valence-electron chi connectivity index (χ3n) is 0.897. The summed E-state index contributed by atoms with van der Waals surface area (Å²) in [5.41, 5.74) is 0. The van der Waals surface area contributed by atoms with Gasteiger partial charge in [0.25, 0.3) is 0 Å². The van der Waals surface area contributed by atoms with Crippen molar-refractivity contribution in [3.8, 4) is 12.3 Å². The van der Waals surface area contributed by atoms with Gasteiger partial charge in [0.2, 0.25) is 0 Å². The zero-order valence-corrected chi connectivity index (χ0v) is 6.78. The van der Waals surface area contributed by atoms with E-state index < -0.39 is 0 Å². The molecule has 0 aliphatic rings. The van der Waals surface area contributed by atoms with Crippen molar-refractivity contribution in [2.24, 2.45) is 0 Å². The van der Waals surface area contributed by atoms with Gasteiger partial charge in [0.05, 0.1) is 12.4 Å². The van der Waals surface area contributed by atoms with Crippen LogP contribution < -0.4 is 5.32 Å². The van der Waals surface area contributed by atoms with Gasteiger partial charge in [-0.05, 0) is 0 Å². The molecule has 0 spiro atoms. The van der Waals surface area contributed by atoms with Crippen LogP contribution in [0.5, 0.6) is 0 Å². The van der Waals surface area contributed by atoms with E-state index in [0.29, 0.717) is 6.54 Å². The number of aliphatic hydroxyl groups excluding tert-OH is 1. The Kier molecular flexibility index (Phi) is 8.68. The van der Waals surface area contributed by atoms with Crippen LogP contribution in [0.25, 0.3) is 0 Å². The fourth-order valence-electron chi connectivity index (χ4n) is 0.479. The number of aliphatic hydroxyl groups is 1. The fourth-order valence-corrected chi connectivity index (χ4v) is 1.03. The van der Waals surface area contributed by atoms with Crippen molar-refractivity contribution in [3.63, 3.8) is 0 Å². The van der Waals surface area contributed by atoms with Gasteiger partial charge < -0.3 is 10.4 Å². The van der Waals surface area contributed by atoms with Crippen LogP contribution in [0.1, 0.15) is 0 Å². The average Bonchev–Trinajstić information content (AvgIpc) is 1.97. The summed E-state index contributed by atoms with van der Waals surface area (Å²) in [7, 11) is 0. The number of thioether (sulfide) groups is 1. The summed E-state index contributed by atoms with van der Waals surface area (Å²) in [6.45, 7) is 1.81. The standard InChI is InChI=1S/C7H13NOS/c1-2-6-10-7-4-8-3-5-9/h1,8-9H,3-7H2. The predicted octanol–water partition coefficient (Wildman–Crippen LogP) is -0.0653. The molecule has 0 aliphatic heterocycles. The van der Waals surface area contributed by atoms with Gasteiger partial charge in [-0.1, -0.05) is 5.92 Å². The zero-order chi connectivity index (χ0) is 7.66. The summed E-state index contributed by atoms with van der Waals surface area (Å²) >= 11 is 1.72. The molecule has 0 rings (SSSR count). The van der Waals surface area contributed by atoms with Crippen LogP contribution in [0.2, 0.25) is 0 Å². The molecule has 0 bridgehead atoms. The van der Waals surface area contributed by atoms with Crippen molar-refractivity contribution in [2.45, 2.75) is 0 Å². The molecule has 0 aromatic heterocycles. The first-order chi connectivity index (χ1) is 4.91. The van der Waals surface area contributed by atoms with Crippen molar-refractivity contribution in [3.05, 3.63) is 0 Å². The van der Waals surface area contributed by atoms with Crippen molar-refractivity contribution in [1.29, 1.82) is 0 Å². The van der Waals surface area contributed by atoms with Crippen LogP contribution in [0, 0.1) is 12.3 Å². The summed E-state index contributed by atoms with van der Waals surface area (Å²) in [4.78, 5) is 0. The minimum Gasteiger partial charge on any atom is -0.395 e. The fraction of sp³-hybridized carbons (Fsp3) is 0.714. The van der Waals surface area contributed by atoms with Crippen molar-refractivity contribution < 1.29 is 5.11 Å². The molecule has 0 fully saturated rings. The Labute approximate surface area is 66.4 Å². The maximum Gasteiger partial charge on any atom is 0.0555 e. The van der Waals surface area contributed by atoms with E-state index in [0.717, 1.165) is 18.1 Å². The van der Waals surface area contributed by atoms with E-state index in [1.54, 1.807) is 11.8 Å². The molecular formula is C7H13NOS. The molecule has 0 radical (unpaired) electrons. The molecule has 0 saturated heterocycles. The first-order valence-corrected chi connectivity index (χ1v) is 4.40. The highest BCUT2D eigenvalue weighted by atomic mass is 32.2. The Morgan fingerprint density at radius 2 is 2.30 bits per heavy atom. The van der Waals surface area contributed by atoms with Crippen LogP contribution >= 0.6 is 11.8 Å². The lowest BCUT2D eigenvalue weighted by Crippen LogP contribution is -2.20. The van der Waals surface area contributed by atoms with Gasteiger partial charge >= 0.3 is 0 Å². The van der Waals surface area contributed by atoms with Gasteiger partial charge in [-0.25, -0.2) is 0 Å². The van der Waals surface area contributed by atoms with Crippen molar-refractivity contribution in [1.82, 2.24) is 5.32 Å². The molecule has 0 atom stereocenters. The Morgan fingerprint density at radius 3 is 2.90 bits per heavy atom. The molecule has 2 nitrogen and oxygen atoms in total. The second-order valence-electron chi connectivity index (χ2n) is 1.73. The first kappa shape index (κ1) is 9.83. The van der Waals surface area contributed by atoms with E-state index in [1.807, 2.05) is 0 Å². The Hall–Kier alpha value is -0.170. The van der Waals surface area contributed by atoms with E-state index in [-0.39, 0.29) is 6.61 Å². The smallest absolute Gasteiger partial charge is 0.0555 e. The molecule has 2 N–H and O–H groups in total. The van der Waals surface area contributed by atoms with Gasteiger partial charge in [-0.3, -0.25) is 0 Å². The minimum atomic E-state index is 0.208. The molecule has 0 aromatic carbocycles. The van der Waals surface area contributed by atoms with E-state index in [1.165, 1.54) is 0 Å². The Balaban J connectivity index is 2.72. The number of hydrogen-bond donors (Lipinski definition) is 2. The van der Waals surface area contributed by atoms with Crippen LogP contribution in [-0.4, -0.2) is 36.3 Å². The summed E-state index contributed by atoms with van der Waals surface area (Å²) in [5, 5.41) is 11.4. The number of hydrogen-bond acceptors (Lipinski definition) is 3. The molecule has 0 unspecified atom stereocenters. The lowest BCUT2D eigenvalue weighted by Gasteiger charge is -1.99. The van der Waals surface area contributed by atoms with Crippen LogP contribution in [0.3, 0.4) is 0 Å². The van der Waals surface area contributed by atoms with Crippen molar-refractivity contribution >= 4 is 11.8 Å². The Morgan fingerprint density at radius 1 is 1.50 bits per heavy atom. The molecule has 0 heterocycles. The van der Waals surface area contributed by atoms with Crippen LogP contribution in [0.15, 0.2) is 0 Å². The monoisotopic (exact) mass is 159 g/mol. The highest BCUT2D eigenvalue weighted by Crippen LogP contribution is 1.94. The number of terminal acetylenes is 1. The van der Waals surface area contributed by atoms with E-state index >= 15 is 0 Å². The van der Waals surface area contributed by atoms with Gasteiger partial charge in [-0.15, -0.1) is 18.2 Å². The summed E-state index contributed by atoms with van der Waals surface area (Å²) < 4.78 is 0. The largest absolute Gasteiger partial charge is 0.395 e. The highest BCUT2D eigenvalue weighted by molar-refractivity contribution is 7.99. The molecule has 10 heavy (non-hydrogen) atoms. The van der Waals surface area contributed by atoms with E-state index in [2.05, 4.69) is 11.2 Å². The van der Waals surface area contributed by atoms with Gasteiger partial charge in [0.15, 0.2) is 0 Å². The second kappa shape index (κ2) is 8.83. The normalized spacial score (nSPS) is 9.20. The SMILES string of the molecule is C#CCSCCNCCO. The summed E-state index contributed by atoms with van der Waals surface area (Å²) in [6.07, 6.45) is 5.04. The topological polar surface area (TPSA) is 32.3 Å². The van der Waals surface area contributed by atoms with Crippen molar-refractivity contribution in [2.75, 3.05) is 31.2 Å². The van der Waals surface area contributed by atoms with Gasteiger partial charge in [-0.2, -0.15) is 0 Å². The number of nitrogens with one attached hydrogen (secondary N) is 1. The van der Waals surface area contributed by atoms with E-state index in [9.17, 15) is 0 Å². The second-order valence-corrected chi connectivity index (χ2v) is 2.84. The maximum atomic E-state index is 8.37. The third-order valence-corrected chi connectivity index (χ3v) is 1.76. The highest BCUT2D eigenvalue weighted by Gasteiger charge is 1.85. The van der Waals surface area contributed by atoms with Crippen LogP contribution in [-0.2, 0) is 0 Å². The van der Waals surface area contributed by atoms with Gasteiger partial charge in [0, 0.05) is 18.8 Å². The van der Waals surface area contributed by atoms with Crippen LogP contribution in [0.4, 0.5) is 0 Å². The molecular weight excluding hydrogens is 146 g/mol. The molecule has 0 saturated carbocycles. The molecule has 0 amide bonds. The van der Waals surface area contributed by atoms with E-state index in [4.69, 9.17) is 11.5 Å². The predicted molar refractivity (Wildman–Crippen MR) is 46.1 cm³/mol. The summed E-state index contributed by atoms with van der Waals surface area (Å²) in [6, 6.07) is 0. The lowest BCUT2D eigenvalue weighted by atomic mass is 10.6. The average molecular weight is 159 g/mol. The molecule has 58 valence electrons. The number of rotatable bonds is 6. The lowest BCUT2D eigenvalue weighted by molar-refractivity contribution is 0.294.